The molecule has 1 aliphatic heterocycles. The minimum atomic E-state index is 0.360. The monoisotopic (exact) mass is 250 g/mol. The average Bonchev–Trinajstić information content (AvgIpc) is 2.76. The Balaban J connectivity index is 1.85. The standard InChI is InChI=1S/C16H30N2/c1-16(2,3)15-7-9-18(10-8-15)12-14-6-4-5-13(14)11-17/h7,13-14H,4-6,8-12,17H2,1-3H3. The van der Waals surface area contributed by atoms with E-state index in [0.717, 1.165) is 24.9 Å². The molecule has 2 atom stereocenters. The second-order valence-electron chi connectivity index (χ2n) is 7.18. The molecule has 2 nitrogen and oxygen atoms in total. The van der Waals surface area contributed by atoms with Crippen LogP contribution in [0.5, 0.6) is 0 Å². The Morgan fingerprint density at radius 2 is 2.00 bits per heavy atom. The van der Waals surface area contributed by atoms with Crippen molar-refractivity contribution in [3.05, 3.63) is 11.6 Å². The van der Waals surface area contributed by atoms with Crippen molar-refractivity contribution < 1.29 is 0 Å². The molecule has 0 amide bonds. The van der Waals surface area contributed by atoms with Crippen molar-refractivity contribution in [3.8, 4) is 0 Å². The van der Waals surface area contributed by atoms with Crippen LogP contribution >= 0.6 is 0 Å². The van der Waals surface area contributed by atoms with Crippen LogP contribution in [0.1, 0.15) is 46.5 Å². The van der Waals surface area contributed by atoms with Gasteiger partial charge in [0.05, 0.1) is 0 Å². The predicted molar refractivity (Wildman–Crippen MR) is 78.5 cm³/mol. The smallest absolute Gasteiger partial charge is 0.0166 e. The first-order valence-electron chi connectivity index (χ1n) is 7.62. The number of nitrogens with zero attached hydrogens (tertiary/aromatic N) is 1. The molecule has 18 heavy (non-hydrogen) atoms. The lowest BCUT2D eigenvalue weighted by atomic mass is 9.82. The van der Waals surface area contributed by atoms with Gasteiger partial charge >= 0.3 is 0 Å². The van der Waals surface area contributed by atoms with Crippen molar-refractivity contribution in [2.75, 3.05) is 26.2 Å². The quantitative estimate of drug-likeness (QED) is 0.780. The van der Waals surface area contributed by atoms with Crippen molar-refractivity contribution in [2.24, 2.45) is 23.0 Å². The van der Waals surface area contributed by atoms with Crippen LogP contribution in [0.2, 0.25) is 0 Å². The van der Waals surface area contributed by atoms with Crippen LogP contribution in [0.4, 0.5) is 0 Å². The molecule has 2 rings (SSSR count). The van der Waals surface area contributed by atoms with E-state index in [1.165, 1.54) is 38.8 Å². The van der Waals surface area contributed by atoms with Gasteiger partial charge in [-0.05, 0) is 43.1 Å². The molecule has 0 bridgehead atoms. The maximum Gasteiger partial charge on any atom is 0.0166 e. The van der Waals surface area contributed by atoms with E-state index in [2.05, 4.69) is 31.7 Å². The zero-order valence-electron chi connectivity index (χ0n) is 12.4. The minimum absolute atomic E-state index is 0.360. The predicted octanol–water partition coefficient (Wildman–Crippen LogP) is 3.04. The molecule has 1 saturated carbocycles. The number of hydrogen-bond acceptors (Lipinski definition) is 2. The van der Waals surface area contributed by atoms with E-state index >= 15 is 0 Å². The first-order chi connectivity index (χ1) is 8.50. The lowest BCUT2D eigenvalue weighted by molar-refractivity contribution is 0.212. The van der Waals surface area contributed by atoms with Gasteiger partial charge in [0.2, 0.25) is 0 Å². The van der Waals surface area contributed by atoms with Gasteiger partial charge in [0, 0.05) is 19.6 Å². The maximum absolute atomic E-state index is 5.88. The molecule has 0 aromatic carbocycles. The molecule has 1 heterocycles. The summed E-state index contributed by atoms with van der Waals surface area (Å²) in [5.41, 5.74) is 7.88. The second kappa shape index (κ2) is 5.75. The molecule has 0 spiro atoms. The summed E-state index contributed by atoms with van der Waals surface area (Å²) >= 11 is 0. The van der Waals surface area contributed by atoms with Crippen LogP contribution in [-0.2, 0) is 0 Å². The molecule has 2 unspecified atom stereocenters. The highest BCUT2D eigenvalue weighted by molar-refractivity contribution is 5.14. The lowest BCUT2D eigenvalue weighted by Gasteiger charge is -2.34. The van der Waals surface area contributed by atoms with Crippen molar-refractivity contribution in [2.45, 2.75) is 46.5 Å². The zero-order valence-corrected chi connectivity index (χ0v) is 12.4. The summed E-state index contributed by atoms with van der Waals surface area (Å²) in [6.45, 7) is 11.6. The third kappa shape index (κ3) is 3.36. The van der Waals surface area contributed by atoms with Gasteiger partial charge in [-0.25, -0.2) is 0 Å². The third-order valence-electron chi connectivity index (χ3n) is 4.87. The summed E-state index contributed by atoms with van der Waals surface area (Å²) in [6.07, 6.45) is 7.87. The maximum atomic E-state index is 5.88. The van der Waals surface area contributed by atoms with E-state index in [9.17, 15) is 0 Å². The summed E-state index contributed by atoms with van der Waals surface area (Å²) < 4.78 is 0. The molecule has 1 fully saturated rings. The number of hydrogen-bond donors (Lipinski definition) is 1. The van der Waals surface area contributed by atoms with E-state index in [-0.39, 0.29) is 0 Å². The van der Waals surface area contributed by atoms with Crippen LogP contribution in [0.25, 0.3) is 0 Å². The van der Waals surface area contributed by atoms with E-state index in [0.29, 0.717) is 5.41 Å². The molecule has 2 N–H and O–H groups in total. The first kappa shape index (κ1) is 14.1. The Labute approximate surface area is 113 Å². The highest BCUT2D eigenvalue weighted by Crippen LogP contribution is 2.34. The van der Waals surface area contributed by atoms with Gasteiger partial charge in [0.25, 0.3) is 0 Å². The molecular formula is C16H30N2. The zero-order chi connectivity index (χ0) is 13.2. The molecule has 0 radical (unpaired) electrons. The Morgan fingerprint density at radius 1 is 1.28 bits per heavy atom. The molecular weight excluding hydrogens is 220 g/mol. The average molecular weight is 250 g/mol. The Bertz CT molecular complexity index is 301. The van der Waals surface area contributed by atoms with Crippen molar-refractivity contribution in [1.29, 1.82) is 0 Å². The fraction of sp³-hybridized carbons (Fsp3) is 0.875. The van der Waals surface area contributed by atoms with Crippen molar-refractivity contribution >= 4 is 0 Å². The minimum Gasteiger partial charge on any atom is -0.330 e. The summed E-state index contributed by atoms with van der Waals surface area (Å²) in [5.74, 6) is 1.65. The third-order valence-corrected chi connectivity index (χ3v) is 4.87. The molecule has 2 aliphatic rings. The van der Waals surface area contributed by atoms with E-state index in [4.69, 9.17) is 5.73 Å². The fourth-order valence-electron chi connectivity index (χ4n) is 3.55. The summed E-state index contributed by atoms with van der Waals surface area (Å²) in [5, 5.41) is 0. The molecule has 0 saturated heterocycles. The Morgan fingerprint density at radius 3 is 2.56 bits per heavy atom. The van der Waals surface area contributed by atoms with Gasteiger partial charge < -0.3 is 5.73 Å². The molecule has 0 aromatic rings. The Hall–Kier alpha value is -0.340. The van der Waals surface area contributed by atoms with Gasteiger partial charge in [0.15, 0.2) is 0 Å². The van der Waals surface area contributed by atoms with E-state index < -0.39 is 0 Å². The summed E-state index contributed by atoms with van der Waals surface area (Å²) in [7, 11) is 0. The fourth-order valence-corrected chi connectivity index (χ4v) is 3.55. The summed E-state index contributed by atoms with van der Waals surface area (Å²) in [6, 6.07) is 0. The van der Waals surface area contributed by atoms with Gasteiger partial charge in [-0.15, -0.1) is 0 Å². The van der Waals surface area contributed by atoms with E-state index in [1.54, 1.807) is 5.57 Å². The van der Waals surface area contributed by atoms with Crippen LogP contribution < -0.4 is 5.73 Å². The topological polar surface area (TPSA) is 29.3 Å². The highest BCUT2D eigenvalue weighted by atomic mass is 15.1. The first-order valence-corrected chi connectivity index (χ1v) is 7.62. The summed E-state index contributed by atoms with van der Waals surface area (Å²) in [4.78, 5) is 2.63. The molecule has 2 heteroatoms. The normalized spacial score (nSPS) is 30.6. The molecule has 1 aliphatic carbocycles. The Kier molecular flexibility index (Phi) is 4.50. The van der Waals surface area contributed by atoms with Gasteiger partial charge in [-0.1, -0.05) is 38.8 Å². The lowest BCUT2D eigenvalue weighted by Crippen LogP contribution is -2.37. The van der Waals surface area contributed by atoms with E-state index in [1.807, 2.05) is 0 Å². The largest absolute Gasteiger partial charge is 0.330 e. The van der Waals surface area contributed by atoms with Crippen molar-refractivity contribution in [3.63, 3.8) is 0 Å². The van der Waals surface area contributed by atoms with Crippen LogP contribution in [0, 0.1) is 17.3 Å². The van der Waals surface area contributed by atoms with Crippen molar-refractivity contribution in [1.82, 2.24) is 4.90 Å². The number of nitrogens with two attached hydrogens (primary N) is 1. The van der Waals surface area contributed by atoms with Crippen LogP contribution in [-0.4, -0.2) is 31.1 Å². The van der Waals surface area contributed by atoms with Crippen LogP contribution in [0.3, 0.4) is 0 Å². The number of rotatable bonds is 3. The molecule has 104 valence electrons. The second-order valence-corrected chi connectivity index (χ2v) is 7.18. The van der Waals surface area contributed by atoms with Crippen LogP contribution in [0.15, 0.2) is 11.6 Å². The van der Waals surface area contributed by atoms with Gasteiger partial charge in [0.1, 0.15) is 0 Å². The molecule has 0 aromatic heterocycles. The SMILES string of the molecule is CC(C)(C)C1=CCN(CC2CCCC2CN)CC1. The van der Waals surface area contributed by atoms with Gasteiger partial charge in [-0.3, -0.25) is 4.90 Å². The highest BCUT2D eigenvalue weighted by Gasteiger charge is 2.29. The van der Waals surface area contributed by atoms with Gasteiger partial charge in [-0.2, -0.15) is 0 Å².